The number of carbonyl (C=O) groups excluding carboxylic acids is 1. The number of methoxy groups -OCH3 is 1. The summed E-state index contributed by atoms with van der Waals surface area (Å²) in [5.41, 5.74) is 3.20. The Labute approximate surface area is 234 Å². The first-order valence-corrected chi connectivity index (χ1v) is 13.0. The third kappa shape index (κ3) is 7.59. The number of rotatable bonds is 11. The molecule has 0 radical (unpaired) electrons. The first-order chi connectivity index (χ1) is 19.0. The summed E-state index contributed by atoms with van der Waals surface area (Å²) in [6.07, 6.45) is -2.50. The SMILES string of the molecule is COc1cc(CCCCC(=O)O)cc(NC(C(=O)N2CCc3ccc(OC(F)(F)F)cc32)c2ccc(Cl)cc2)c1. The fraction of sp³-hybridized carbons (Fsp3) is 0.310. The molecule has 1 heterocycles. The number of aryl methyl sites for hydroxylation is 1. The van der Waals surface area contributed by atoms with Gasteiger partial charge in [-0.2, -0.15) is 0 Å². The smallest absolute Gasteiger partial charge is 0.497 e. The number of hydrogen-bond donors (Lipinski definition) is 2. The summed E-state index contributed by atoms with van der Waals surface area (Å²) in [7, 11) is 1.52. The highest BCUT2D eigenvalue weighted by Crippen LogP contribution is 2.36. The molecule has 0 aliphatic carbocycles. The van der Waals surface area contributed by atoms with Gasteiger partial charge in [-0.1, -0.05) is 29.8 Å². The quantitative estimate of drug-likeness (QED) is 0.244. The Morgan fingerprint density at radius 1 is 1.05 bits per heavy atom. The molecule has 2 N–H and O–H groups in total. The van der Waals surface area contributed by atoms with E-state index in [0.717, 1.165) is 11.1 Å². The van der Waals surface area contributed by atoms with Crippen molar-refractivity contribution in [2.45, 2.75) is 44.5 Å². The summed E-state index contributed by atoms with van der Waals surface area (Å²) in [4.78, 5) is 26.3. The van der Waals surface area contributed by atoms with E-state index in [1.165, 1.54) is 30.2 Å². The highest BCUT2D eigenvalue weighted by atomic mass is 35.5. The van der Waals surface area contributed by atoms with Crippen molar-refractivity contribution in [3.63, 3.8) is 0 Å². The molecule has 3 aromatic carbocycles. The van der Waals surface area contributed by atoms with Crippen LogP contribution in [-0.4, -0.2) is 37.0 Å². The number of ether oxygens (including phenoxy) is 2. The average Bonchev–Trinajstić information content (AvgIpc) is 3.32. The van der Waals surface area contributed by atoms with Gasteiger partial charge in [0.2, 0.25) is 0 Å². The van der Waals surface area contributed by atoms with E-state index in [9.17, 15) is 22.8 Å². The van der Waals surface area contributed by atoms with Gasteiger partial charge in [-0.3, -0.25) is 9.59 Å². The molecule has 3 aromatic rings. The minimum absolute atomic E-state index is 0.0786. The van der Waals surface area contributed by atoms with E-state index in [1.807, 2.05) is 12.1 Å². The minimum Gasteiger partial charge on any atom is -0.497 e. The van der Waals surface area contributed by atoms with Crippen LogP contribution >= 0.6 is 11.6 Å². The number of amides is 1. The highest BCUT2D eigenvalue weighted by Gasteiger charge is 2.34. The molecule has 1 amide bonds. The van der Waals surface area contributed by atoms with Gasteiger partial charge in [-0.05, 0) is 72.7 Å². The molecule has 1 atom stereocenters. The molecule has 1 aliphatic rings. The van der Waals surface area contributed by atoms with Crippen molar-refractivity contribution in [3.8, 4) is 11.5 Å². The zero-order valence-corrected chi connectivity index (χ0v) is 22.4. The van der Waals surface area contributed by atoms with Crippen molar-refractivity contribution in [2.75, 3.05) is 23.9 Å². The topological polar surface area (TPSA) is 88.1 Å². The van der Waals surface area contributed by atoms with Crippen LogP contribution in [0.5, 0.6) is 11.5 Å². The van der Waals surface area contributed by atoms with Crippen LogP contribution in [0, 0.1) is 0 Å². The molecular formula is C29H28ClF3N2O5. The van der Waals surface area contributed by atoms with Crippen molar-refractivity contribution >= 4 is 34.9 Å². The maximum atomic E-state index is 14.0. The lowest BCUT2D eigenvalue weighted by molar-refractivity contribution is -0.274. The van der Waals surface area contributed by atoms with Crippen LogP contribution in [-0.2, 0) is 22.4 Å². The number of carboxylic acids is 1. The lowest BCUT2D eigenvalue weighted by atomic mass is 10.0. The number of alkyl halides is 3. The Kier molecular flexibility index (Phi) is 9.09. The van der Waals surface area contributed by atoms with Crippen LogP contribution in [0.3, 0.4) is 0 Å². The minimum atomic E-state index is -4.85. The lowest BCUT2D eigenvalue weighted by Gasteiger charge is -2.27. The number of carboxylic acid groups (broad SMARTS) is 1. The summed E-state index contributed by atoms with van der Waals surface area (Å²) in [6, 6.07) is 15.3. The molecule has 0 aromatic heterocycles. The number of nitrogens with one attached hydrogen (secondary N) is 1. The van der Waals surface area contributed by atoms with Crippen molar-refractivity contribution < 1.29 is 37.3 Å². The van der Waals surface area contributed by atoms with Crippen molar-refractivity contribution in [1.82, 2.24) is 0 Å². The van der Waals surface area contributed by atoms with Crippen molar-refractivity contribution in [1.29, 1.82) is 0 Å². The van der Waals surface area contributed by atoms with Crippen LogP contribution in [0.15, 0.2) is 60.7 Å². The number of fused-ring (bicyclic) bond motifs is 1. The first kappa shape index (κ1) is 29.1. The van der Waals surface area contributed by atoms with Crippen LogP contribution in [0.25, 0.3) is 0 Å². The first-order valence-electron chi connectivity index (χ1n) is 12.6. The van der Waals surface area contributed by atoms with Crippen LogP contribution in [0.1, 0.15) is 42.0 Å². The van der Waals surface area contributed by atoms with Crippen LogP contribution in [0.2, 0.25) is 5.02 Å². The summed E-state index contributed by atoms with van der Waals surface area (Å²) in [6.45, 7) is 0.294. The van der Waals surface area contributed by atoms with Gasteiger partial charge in [0.1, 0.15) is 17.5 Å². The maximum Gasteiger partial charge on any atom is 0.573 e. The Morgan fingerprint density at radius 2 is 1.80 bits per heavy atom. The molecule has 0 spiro atoms. The molecule has 0 bridgehead atoms. The second-order valence-electron chi connectivity index (χ2n) is 9.38. The Hall–Kier alpha value is -3.92. The molecule has 0 saturated heterocycles. The summed E-state index contributed by atoms with van der Waals surface area (Å²) in [5.74, 6) is -1.06. The molecule has 0 saturated carbocycles. The second kappa shape index (κ2) is 12.5. The van der Waals surface area contributed by atoms with Gasteiger partial charge in [0.25, 0.3) is 5.91 Å². The van der Waals surface area contributed by atoms with Gasteiger partial charge in [-0.15, -0.1) is 13.2 Å². The van der Waals surface area contributed by atoms with E-state index in [4.69, 9.17) is 21.4 Å². The molecule has 40 heavy (non-hydrogen) atoms. The number of benzene rings is 3. The number of unbranched alkanes of at least 4 members (excludes halogenated alkanes) is 1. The molecule has 7 nitrogen and oxygen atoms in total. The van der Waals surface area contributed by atoms with E-state index >= 15 is 0 Å². The van der Waals surface area contributed by atoms with E-state index < -0.39 is 24.1 Å². The summed E-state index contributed by atoms with van der Waals surface area (Å²) >= 11 is 6.09. The van der Waals surface area contributed by atoms with E-state index in [2.05, 4.69) is 10.1 Å². The zero-order valence-electron chi connectivity index (χ0n) is 21.6. The highest BCUT2D eigenvalue weighted by molar-refractivity contribution is 6.30. The largest absolute Gasteiger partial charge is 0.573 e. The van der Waals surface area contributed by atoms with E-state index in [1.54, 1.807) is 30.3 Å². The van der Waals surface area contributed by atoms with Gasteiger partial charge in [-0.25, -0.2) is 0 Å². The Balaban J connectivity index is 1.63. The third-order valence-electron chi connectivity index (χ3n) is 6.52. The lowest BCUT2D eigenvalue weighted by Crippen LogP contribution is -2.37. The zero-order chi connectivity index (χ0) is 28.9. The number of nitrogens with zero attached hydrogens (tertiary/aromatic N) is 1. The second-order valence-corrected chi connectivity index (χ2v) is 9.81. The normalized spacial score (nSPS) is 13.5. The Morgan fingerprint density at radius 3 is 2.48 bits per heavy atom. The van der Waals surface area contributed by atoms with Gasteiger partial charge < -0.3 is 24.8 Å². The molecule has 1 aliphatic heterocycles. The number of aliphatic carboxylic acids is 1. The molecular weight excluding hydrogens is 549 g/mol. The average molecular weight is 577 g/mol. The monoisotopic (exact) mass is 576 g/mol. The molecule has 4 rings (SSSR count). The standard InChI is InChI=1S/C29H28ClF3N2O5/c1-39-24-15-18(4-2-3-5-26(36)37)14-22(16-24)34-27(20-6-9-21(30)10-7-20)28(38)35-13-12-19-8-11-23(17-25(19)35)40-29(31,32)33/h6-11,14-17,27,34H,2-5,12-13H2,1H3,(H,36,37). The van der Waals surface area contributed by atoms with E-state index in [0.29, 0.717) is 59.9 Å². The van der Waals surface area contributed by atoms with Crippen LogP contribution < -0.4 is 19.7 Å². The fourth-order valence-corrected chi connectivity index (χ4v) is 4.79. The third-order valence-corrected chi connectivity index (χ3v) is 6.77. The number of halogens is 4. The predicted molar refractivity (Wildman–Crippen MR) is 145 cm³/mol. The number of anilines is 2. The van der Waals surface area contributed by atoms with E-state index in [-0.39, 0.29) is 12.3 Å². The predicted octanol–water partition coefficient (Wildman–Crippen LogP) is 6.79. The summed E-state index contributed by atoms with van der Waals surface area (Å²) in [5, 5.41) is 12.7. The maximum absolute atomic E-state index is 14.0. The van der Waals surface area contributed by atoms with Crippen LogP contribution in [0.4, 0.5) is 24.5 Å². The van der Waals surface area contributed by atoms with Gasteiger partial charge >= 0.3 is 12.3 Å². The van der Waals surface area contributed by atoms with Gasteiger partial charge in [0, 0.05) is 35.8 Å². The molecule has 11 heteroatoms. The number of hydrogen-bond acceptors (Lipinski definition) is 5. The molecule has 0 fully saturated rings. The molecule has 1 unspecified atom stereocenters. The van der Waals surface area contributed by atoms with Gasteiger partial charge in [0.15, 0.2) is 0 Å². The van der Waals surface area contributed by atoms with Crippen molar-refractivity contribution in [3.05, 3.63) is 82.4 Å². The molecule has 212 valence electrons. The van der Waals surface area contributed by atoms with Gasteiger partial charge in [0.05, 0.1) is 12.8 Å². The van der Waals surface area contributed by atoms with Crippen molar-refractivity contribution in [2.24, 2.45) is 0 Å². The Bertz CT molecular complexity index is 1360. The summed E-state index contributed by atoms with van der Waals surface area (Å²) < 4.78 is 48.1. The number of carbonyl (C=O) groups is 2. The fourth-order valence-electron chi connectivity index (χ4n) is 4.66.